The number of carbonyl (C=O) groups is 1. The van der Waals surface area contributed by atoms with Gasteiger partial charge < -0.3 is 19.5 Å². The van der Waals surface area contributed by atoms with Gasteiger partial charge in [0.05, 0.1) is 14.2 Å². The van der Waals surface area contributed by atoms with Gasteiger partial charge in [0.1, 0.15) is 23.9 Å². The summed E-state index contributed by atoms with van der Waals surface area (Å²) >= 11 is 12.1. The average molecular weight is 446 g/mol. The number of rotatable bonds is 8. The molecule has 0 aromatic heterocycles. The molecule has 3 aromatic rings. The summed E-state index contributed by atoms with van der Waals surface area (Å²) < 4.78 is 16.4. The van der Waals surface area contributed by atoms with Gasteiger partial charge in [0, 0.05) is 27.7 Å². The Bertz CT molecular complexity index is 1020. The lowest BCUT2D eigenvalue weighted by Crippen LogP contribution is -2.23. The number of hydrogen-bond acceptors (Lipinski definition) is 4. The Labute approximate surface area is 185 Å². The molecule has 0 saturated carbocycles. The van der Waals surface area contributed by atoms with E-state index < -0.39 is 0 Å². The van der Waals surface area contributed by atoms with Gasteiger partial charge in [-0.3, -0.25) is 4.79 Å². The smallest absolute Gasteiger partial charge is 0.251 e. The van der Waals surface area contributed by atoms with Gasteiger partial charge in [0.2, 0.25) is 0 Å². The Balaban J connectivity index is 1.68. The molecule has 1 N–H and O–H groups in total. The Morgan fingerprint density at radius 3 is 2.27 bits per heavy atom. The molecule has 156 valence electrons. The minimum Gasteiger partial charge on any atom is -0.497 e. The van der Waals surface area contributed by atoms with Crippen LogP contribution in [0.1, 0.15) is 21.5 Å². The zero-order chi connectivity index (χ0) is 21.5. The molecule has 7 heteroatoms. The molecule has 0 unspecified atom stereocenters. The lowest BCUT2D eigenvalue weighted by atomic mass is 10.1. The second-order valence-corrected chi connectivity index (χ2v) is 7.25. The number of halogens is 2. The maximum absolute atomic E-state index is 12.6. The van der Waals surface area contributed by atoms with Gasteiger partial charge in [-0.05, 0) is 60.2 Å². The number of carbonyl (C=O) groups excluding carboxylic acids is 1. The van der Waals surface area contributed by atoms with Gasteiger partial charge >= 0.3 is 0 Å². The highest BCUT2D eigenvalue weighted by atomic mass is 35.5. The molecular weight excluding hydrogens is 425 g/mol. The van der Waals surface area contributed by atoms with Crippen molar-refractivity contribution in [3.63, 3.8) is 0 Å². The molecule has 1 amide bonds. The molecule has 0 heterocycles. The van der Waals surface area contributed by atoms with Crippen LogP contribution in [0.5, 0.6) is 17.2 Å². The van der Waals surface area contributed by atoms with Gasteiger partial charge in [-0.1, -0.05) is 29.3 Å². The Hall–Kier alpha value is -2.89. The summed E-state index contributed by atoms with van der Waals surface area (Å²) in [6.45, 7) is 0.540. The highest BCUT2D eigenvalue weighted by molar-refractivity contribution is 6.35. The van der Waals surface area contributed by atoms with E-state index in [9.17, 15) is 4.79 Å². The highest BCUT2D eigenvalue weighted by Crippen LogP contribution is 2.24. The van der Waals surface area contributed by atoms with E-state index in [4.69, 9.17) is 37.4 Å². The molecule has 30 heavy (non-hydrogen) atoms. The Kier molecular flexibility index (Phi) is 7.44. The third kappa shape index (κ3) is 5.59. The summed E-state index contributed by atoms with van der Waals surface area (Å²) in [7, 11) is 3.19. The van der Waals surface area contributed by atoms with E-state index in [2.05, 4.69) is 5.32 Å². The number of hydrogen-bond donors (Lipinski definition) is 1. The van der Waals surface area contributed by atoms with Gasteiger partial charge in [-0.15, -0.1) is 0 Å². The zero-order valence-electron chi connectivity index (χ0n) is 16.6. The predicted octanol–water partition coefficient (Wildman–Crippen LogP) is 5.52. The van der Waals surface area contributed by atoms with Crippen LogP contribution in [0.15, 0.2) is 60.7 Å². The summed E-state index contributed by atoms with van der Waals surface area (Å²) in [4.78, 5) is 12.6. The van der Waals surface area contributed by atoms with Crippen molar-refractivity contribution < 1.29 is 19.0 Å². The molecule has 0 bridgehead atoms. The standard InChI is InChI=1S/C23H21Cl2NO4/c1-28-19-6-8-20(9-7-19)30-14-17-11-15(4-10-22(17)29-2)23(27)26-13-16-3-5-18(24)12-21(16)25/h3-12H,13-14H2,1-2H3,(H,26,27). The Morgan fingerprint density at radius 1 is 0.867 bits per heavy atom. The molecule has 0 fully saturated rings. The van der Waals surface area contributed by atoms with E-state index in [1.165, 1.54) is 0 Å². The SMILES string of the molecule is COc1ccc(OCc2cc(C(=O)NCc3ccc(Cl)cc3Cl)ccc2OC)cc1. The van der Waals surface area contributed by atoms with Crippen molar-refractivity contribution in [1.82, 2.24) is 5.32 Å². The number of benzene rings is 3. The molecule has 0 aliphatic heterocycles. The molecule has 5 nitrogen and oxygen atoms in total. The number of nitrogens with one attached hydrogen (secondary N) is 1. The fraction of sp³-hybridized carbons (Fsp3) is 0.174. The van der Waals surface area contributed by atoms with Crippen LogP contribution in [-0.4, -0.2) is 20.1 Å². The maximum Gasteiger partial charge on any atom is 0.251 e. The van der Waals surface area contributed by atoms with E-state index in [1.807, 2.05) is 24.3 Å². The molecule has 3 rings (SSSR count). The molecule has 0 aliphatic carbocycles. The molecule has 0 spiro atoms. The molecule has 0 aliphatic rings. The fourth-order valence-electron chi connectivity index (χ4n) is 2.81. The van der Waals surface area contributed by atoms with Gasteiger partial charge in [0.25, 0.3) is 5.91 Å². The van der Waals surface area contributed by atoms with E-state index in [0.29, 0.717) is 33.7 Å². The van der Waals surface area contributed by atoms with Crippen LogP contribution in [0.2, 0.25) is 10.0 Å². The first-order chi connectivity index (χ1) is 14.5. The van der Waals surface area contributed by atoms with E-state index >= 15 is 0 Å². The van der Waals surface area contributed by atoms with Crippen LogP contribution in [0, 0.1) is 0 Å². The minimum atomic E-state index is -0.227. The lowest BCUT2D eigenvalue weighted by Gasteiger charge is -2.13. The molecule has 0 radical (unpaired) electrons. The normalized spacial score (nSPS) is 10.4. The van der Waals surface area contributed by atoms with Crippen molar-refractivity contribution >= 4 is 29.1 Å². The summed E-state index contributed by atoms with van der Waals surface area (Å²) in [5.74, 6) is 1.85. The monoisotopic (exact) mass is 445 g/mol. The quantitative estimate of drug-likeness (QED) is 0.495. The fourth-order valence-corrected chi connectivity index (χ4v) is 3.28. The Morgan fingerprint density at radius 2 is 1.60 bits per heavy atom. The summed E-state index contributed by atoms with van der Waals surface area (Å²) in [5, 5.41) is 3.92. The van der Waals surface area contributed by atoms with Crippen LogP contribution in [0.3, 0.4) is 0 Å². The number of methoxy groups -OCH3 is 2. The van der Waals surface area contributed by atoms with Crippen molar-refractivity contribution in [3.05, 3.63) is 87.4 Å². The van der Waals surface area contributed by atoms with Crippen LogP contribution >= 0.6 is 23.2 Å². The first-order valence-corrected chi connectivity index (χ1v) is 9.91. The minimum absolute atomic E-state index is 0.227. The maximum atomic E-state index is 12.6. The van der Waals surface area contributed by atoms with E-state index in [-0.39, 0.29) is 12.5 Å². The van der Waals surface area contributed by atoms with E-state index in [0.717, 1.165) is 16.9 Å². The third-order valence-corrected chi connectivity index (χ3v) is 5.04. The van der Waals surface area contributed by atoms with Crippen molar-refractivity contribution in [3.8, 4) is 17.2 Å². The van der Waals surface area contributed by atoms with Crippen LogP contribution in [-0.2, 0) is 13.2 Å². The van der Waals surface area contributed by atoms with Crippen molar-refractivity contribution in [2.24, 2.45) is 0 Å². The van der Waals surface area contributed by atoms with Crippen LogP contribution in [0.25, 0.3) is 0 Å². The second-order valence-electron chi connectivity index (χ2n) is 6.41. The molecule has 0 saturated heterocycles. The van der Waals surface area contributed by atoms with Crippen molar-refractivity contribution in [2.75, 3.05) is 14.2 Å². The molecular formula is C23H21Cl2NO4. The molecule has 3 aromatic carbocycles. The third-order valence-electron chi connectivity index (χ3n) is 4.45. The topological polar surface area (TPSA) is 56.8 Å². The average Bonchev–Trinajstić information content (AvgIpc) is 2.77. The molecule has 0 atom stereocenters. The van der Waals surface area contributed by atoms with Crippen LogP contribution in [0.4, 0.5) is 0 Å². The van der Waals surface area contributed by atoms with Crippen molar-refractivity contribution in [1.29, 1.82) is 0 Å². The second kappa shape index (κ2) is 10.2. The summed E-state index contributed by atoms with van der Waals surface area (Å²) in [6, 6.07) is 17.6. The van der Waals surface area contributed by atoms with Gasteiger partial charge in [-0.2, -0.15) is 0 Å². The largest absolute Gasteiger partial charge is 0.497 e. The first kappa shape index (κ1) is 21.8. The first-order valence-electron chi connectivity index (χ1n) is 9.16. The summed E-state index contributed by atoms with van der Waals surface area (Å²) in [5.41, 5.74) is 2.03. The van der Waals surface area contributed by atoms with Gasteiger partial charge in [0.15, 0.2) is 0 Å². The summed E-state index contributed by atoms with van der Waals surface area (Å²) in [6.07, 6.45) is 0. The zero-order valence-corrected chi connectivity index (χ0v) is 18.1. The van der Waals surface area contributed by atoms with Crippen LogP contribution < -0.4 is 19.5 Å². The number of ether oxygens (including phenoxy) is 3. The van der Waals surface area contributed by atoms with E-state index in [1.54, 1.807) is 50.6 Å². The number of amides is 1. The predicted molar refractivity (Wildman–Crippen MR) is 118 cm³/mol. The van der Waals surface area contributed by atoms with Crippen molar-refractivity contribution in [2.45, 2.75) is 13.2 Å². The lowest BCUT2D eigenvalue weighted by molar-refractivity contribution is 0.0950. The highest BCUT2D eigenvalue weighted by Gasteiger charge is 2.12. The van der Waals surface area contributed by atoms with Gasteiger partial charge in [-0.25, -0.2) is 0 Å².